The number of hydrogen-bond acceptors (Lipinski definition) is 2. The molecule has 1 radical (unpaired) electrons. The van der Waals surface area contributed by atoms with Crippen molar-refractivity contribution in [1.29, 1.82) is 0 Å². The monoisotopic (exact) mass is 212 g/mol. The van der Waals surface area contributed by atoms with Gasteiger partial charge in [0.2, 0.25) is 0 Å². The van der Waals surface area contributed by atoms with Gasteiger partial charge in [0.15, 0.2) is 0 Å². The lowest BCUT2D eigenvalue weighted by molar-refractivity contribution is 0.191. The second kappa shape index (κ2) is 5.33. The summed E-state index contributed by atoms with van der Waals surface area (Å²) in [6.07, 6.45) is -0.481. The summed E-state index contributed by atoms with van der Waals surface area (Å²) in [6, 6.07) is 20.1. The summed E-state index contributed by atoms with van der Waals surface area (Å²) in [7, 11) is 0. The summed E-state index contributed by atoms with van der Waals surface area (Å²) < 4.78 is 0. The Labute approximate surface area is 95.6 Å². The summed E-state index contributed by atoms with van der Waals surface area (Å²) >= 11 is 0. The van der Waals surface area contributed by atoms with Gasteiger partial charge in [-0.1, -0.05) is 42.5 Å². The normalized spacial score (nSPS) is 12.1. The van der Waals surface area contributed by atoms with E-state index in [1.807, 2.05) is 54.6 Å². The summed E-state index contributed by atoms with van der Waals surface area (Å²) in [5, 5.41) is 13.1. The van der Waals surface area contributed by atoms with E-state index in [4.69, 9.17) is 0 Å². The molecule has 0 saturated heterocycles. The van der Waals surface area contributed by atoms with Crippen molar-refractivity contribution in [3.05, 3.63) is 66.2 Å². The highest BCUT2D eigenvalue weighted by molar-refractivity contribution is 5.42. The molecule has 16 heavy (non-hydrogen) atoms. The van der Waals surface area contributed by atoms with Crippen molar-refractivity contribution >= 4 is 5.69 Å². The predicted molar refractivity (Wildman–Crippen MR) is 65.2 cm³/mol. The number of anilines is 1. The molecule has 2 heteroatoms. The van der Waals surface area contributed by atoms with E-state index < -0.39 is 6.10 Å². The van der Waals surface area contributed by atoms with Gasteiger partial charge in [0.1, 0.15) is 0 Å². The van der Waals surface area contributed by atoms with E-state index in [-0.39, 0.29) is 0 Å². The number of nitrogens with one attached hydrogen (secondary N) is 1. The van der Waals surface area contributed by atoms with Crippen molar-refractivity contribution in [3.8, 4) is 0 Å². The number of aliphatic hydroxyl groups excluding tert-OH is 1. The summed E-state index contributed by atoms with van der Waals surface area (Å²) in [5.74, 6) is 0. The third kappa shape index (κ3) is 2.84. The minimum atomic E-state index is -0.481. The van der Waals surface area contributed by atoms with Gasteiger partial charge in [-0.15, -0.1) is 0 Å². The van der Waals surface area contributed by atoms with Crippen molar-refractivity contribution < 1.29 is 5.11 Å². The fourth-order valence-corrected chi connectivity index (χ4v) is 1.51. The first-order valence-electron chi connectivity index (χ1n) is 5.29. The van der Waals surface area contributed by atoms with Gasteiger partial charge in [-0.05, 0) is 23.8 Å². The first-order valence-corrected chi connectivity index (χ1v) is 5.29. The van der Waals surface area contributed by atoms with Gasteiger partial charge in [0.25, 0.3) is 0 Å². The van der Waals surface area contributed by atoms with E-state index in [1.54, 1.807) is 0 Å². The first-order chi connectivity index (χ1) is 7.86. The highest BCUT2D eigenvalue weighted by Gasteiger charge is 2.05. The highest BCUT2D eigenvalue weighted by Crippen LogP contribution is 2.13. The molecule has 2 N–H and O–H groups in total. The molecule has 0 spiro atoms. The number of benzene rings is 2. The molecule has 0 aliphatic heterocycles. The smallest absolute Gasteiger partial charge is 0.0962 e. The Morgan fingerprint density at radius 2 is 1.75 bits per heavy atom. The maximum Gasteiger partial charge on any atom is 0.0962 e. The Morgan fingerprint density at radius 3 is 2.44 bits per heavy atom. The van der Waals surface area contributed by atoms with E-state index in [2.05, 4.69) is 11.4 Å². The van der Waals surface area contributed by atoms with E-state index in [0.29, 0.717) is 6.54 Å². The number of aliphatic hydroxyl groups is 1. The van der Waals surface area contributed by atoms with Crippen molar-refractivity contribution in [1.82, 2.24) is 0 Å². The zero-order valence-corrected chi connectivity index (χ0v) is 8.93. The van der Waals surface area contributed by atoms with Crippen LogP contribution in [-0.2, 0) is 0 Å². The fraction of sp³-hybridized carbons (Fsp3) is 0.143. The molecule has 0 amide bonds. The van der Waals surface area contributed by atoms with Crippen molar-refractivity contribution in [3.63, 3.8) is 0 Å². The van der Waals surface area contributed by atoms with Crippen molar-refractivity contribution in [2.24, 2.45) is 0 Å². The zero-order valence-electron chi connectivity index (χ0n) is 8.93. The molecule has 1 atom stereocenters. The summed E-state index contributed by atoms with van der Waals surface area (Å²) in [4.78, 5) is 0. The topological polar surface area (TPSA) is 32.3 Å². The molecule has 0 aliphatic rings. The molecule has 0 bridgehead atoms. The molecule has 0 aliphatic carbocycles. The van der Waals surface area contributed by atoms with Gasteiger partial charge < -0.3 is 10.4 Å². The molecule has 0 aromatic heterocycles. The molecule has 81 valence electrons. The third-order valence-corrected chi connectivity index (χ3v) is 2.40. The Hall–Kier alpha value is -1.80. The second-order valence-corrected chi connectivity index (χ2v) is 3.60. The molecule has 2 aromatic rings. The average Bonchev–Trinajstić information content (AvgIpc) is 2.38. The predicted octanol–water partition coefficient (Wildman–Crippen LogP) is 2.63. The van der Waals surface area contributed by atoms with Crippen LogP contribution in [0, 0.1) is 6.07 Å². The molecule has 2 nitrogen and oxygen atoms in total. The van der Waals surface area contributed by atoms with Crippen LogP contribution >= 0.6 is 0 Å². The maximum absolute atomic E-state index is 9.91. The van der Waals surface area contributed by atoms with E-state index in [9.17, 15) is 5.11 Å². The van der Waals surface area contributed by atoms with Gasteiger partial charge >= 0.3 is 0 Å². The van der Waals surface area contributed by atoms with E-state index >= 15 is 0 Å². The van der Waals surface area contributed by atoms with Crippen molar-refractivity contribution in [2.75, 3.05) is 11.9 Å². The molecule has 0 heterocycles. The van der Waals surface area contributed by atoms with Crippen LogP contribution in [0.4, 0.5) is 5.69 Å². The van der Waals surface area contributed by atoms with Gasteiger partial charge in [0.05, 0.1) is 6.10 Å². The Morgan fingerprint density at radius 1 is 1.06 bits per heavy atom. The van der Waals surface area contributed by atoms with E-state index in [0.717, 1.165) is 11.3 Å². The maximum atomic E-state index is 9.91. The van der Waals surface area contributed by atoms with Gasteiger partial charge in [0, 0.05) is 12.2 Å². The molecule has 2 aromatic carbocycles. The molecule has 0 fully saturated rings. The standard InChI is InChI=1S/C14H14NO/c16-14(12-7-3-1-4-8-12)11-15-13-9-5-2-6-10-13/h1,3-10,14-16H,11H2/t14-/m0/s1. The molecule has 2 rings (SSSR count). The Kier molecular flexibility index (Phi) is 3.57. The Bertz CT molecular complexity index is 413. The van der Waals surface area contributed by atoms with Crippen molar-refractivity contribution in [2.45, 2.75) is 6.10 Å². The second-order valence-electron chi connectivity index (χ2n) is 3.60. The first kappa shape index (κ1) is 10.7. The lowest BCUT2D eigenvalue weighted by Crippen LogP contribution is -2.11. The molecular weight excluding hydrogens is 198 g/mol. The van der Waals surface area contributed by atoms with Crippen LogP contribution in [0.2, 0.25) is 0 Å². The van der Waals surface area contributed by atoms with Crippen LogP contribution in [-0.4, -0.2) is 11.7 Å². The van der Waals surface area contributed by atoms with Gasteiger partial charge in [-0.25, -0.2) is 0 Å². The lowest BCUT2D eigenvalue weighted by Gasteiger charge is -2.12. The van der Waals surface area contributed by atoms with E-state index in [1.165, 1.54) is 0 Å². The van der Waals surface area contributed by atoms with Crippen LogP contribution in [0.3, 0.4) is 0 Å². The van der Waals surface area contributed by atoms with Gasteiger partial charge in [-0.3, -0.25) is 0 Å². The minimum absolute atomic E-state index is 0.481. The quantitative estimate of drug-likeness (QED) is 0.816. The number of rotatable bonds is 4. The summed E-state index contributed by atoms with van der Waals surface area (Å²) in [6.45, 7) is 0.508. The van der Waals surface area contributed by atoms with Crippen LogP contribution in [0.1, 0.15) is 11.7 Å². The zero-order chi connectivity index (χ0) is 11.2. The SMILES string of the molecule is O[C@@H](CNc1cc[c]cc1)c1ccccc1. The highest BCUT2D eigenvalue weighted by atomic mass is 16.3. The molecular formula is C14H14NO. The average molecular weight is 212 g/mol. The fourth-order valence-electron chi connectivity index (χ4n) is 1.51. The lowest BCUT2D eigenvalue weighted by atomic mass is 10.1. The van der Waals surface area contributed by atoms with Crippen LogP contribution in [0.5, 0.6) is 0 Å². The third-order valence-electron chi connectivity index (χ3n) is 2.40. The Balaban J connectivity index is 1.92. The molecule has 0 unspecified atom stereocenters. The van der Waals surface area contributed by atoms with Crippen LogP contribution in [0.25, 0.3) is 0 Å². The van der Waals surface area contributed by atoms with Gasteiger partial charge in [-0.2, -0.15) is 0 Å². The largest absolute Gasteiger partial charge is 0.387 e. The van der Waals surface area contributed by atoms with Crippen LogP contribution < -0.4 is 5.32 Å². The van der Waals surface area contributed by atoms with Crippen LogP contribution in [0.15, 0.2) is 54.6 Å². The number of hydrogen-bond donors (Lipinski definition) is 2. The molecule has 0 saturated carbocycles. The minimum Gasteiger partial charge on any atom is -0.387 e. The summed E-state index contributed by atoms with van der Waals surface area (Å²) in [5.41, 5.74) is 1.92.